The van der Waals surface area contributed by atoms with Crippen LogP contribution in [0.4, 0.5) is 16.2 Å². The number of morpholine rings is 1. The van der Waals surface area contributed by atoms with Crippen molar-refractivity contribution in [2.45, 2.75) is 31.3 Å². The van der Waals surface area contributed by atoms with Gasteiger partial charge in [-0.2, -0.15) is 0 Å². The molecular formula is C29H34N6O4. The lowest BCUT2D eigenvalue weighted by molar-refractivity contribution is 0.0133. The van der Waals surface area contributed by atoms with Crippen LogP contribution in [0.1, 0.15) is 52.1 Å². The highest BCUT2D eigenvalue weighted by Gasteiger charge is 2.26. The number of primary amides is 1. The van der Waals surface area contributed by atoms with Crippen molar-refractivity contribution in [1.29, 1.82) is 0 Å². The summed E-state index contributed by atoms with van der Waals surface area (Å²) in [6.07, 6.45) is 3.93. The van der Waals surface area contributed by atoms with Gasteiger partial charge in [0.2, 0.25) is 0 Å². The smallest absolute Gasteiger partial charge is 0.312 e. The fraction of sp³-hybridized carbons (Fsp3) is 0.345. The number of carbonyl (C=O) groups excluding carboxylic acids is 2. The molecule has 1 saturated heterocycles. The Balaban J connectivity index is 1.32. The van der Waals surface area contributed by atoms with Gasteiger partial charge in [0, 0.05) is 31.7 Å². The van der Waals surface area contributed by atoms with Crippen molar-refractivity contribution in [3.63, 3.8) is 0 Å². The number of anilines is 2. The van der Waals surface area contributed by atoms with E-state index in [9.17, 15) is 9.59 Å². The van der Waals surface area contributed by atoms with Crippen LogP contribution in [0.25, 0.3) is 0 Å². The summed E-state index contributed by atoms with van der Waals surface area (Å²) >= 11 is 0. The fourth-order valence-corrected chi connectivity index (χ4v) is 5.22. The van der Waals surface area contributed by atoms with Crippen LogP contribution in [0.2, 0.25) is 0 Å². The number of amides is 3. The Hall–Kier alpha value is -4.15. The second-order valence-electron chi connectivity index (χ2n) is 9.79. The molecule has 0 spiro atoms. The van der Waals surface area contributed by atoms with E-state index in [1.165, 1.54) is 11.1 Å². The summed E-state index contributed by atoms with van der Waals surface area (Å²) in [6, 6.07) is 16.1. The Morgan fingerprint density at radius 3 is 2.54 bits per heavy atom. The number of hydrogen-bond donors (Lipinski definition) is 4. The number of nitrogen functional groups attached to an aromatic ring is 1. The molecule has 2 atom stereocenters. The van der Waals surface area contributed by atoms with Crippen molar-refractivity contribution >= 4 is 23.3 Å². The minimum absolute atomic E-state index is 0.145. The third-order valence-corrected chi connectivity index (χ3v) is 7.26. The van der Waals surface area contributed by atoms with Crippen molar-refractivity contribution < 1.29 is 19.1 Å². The lowest BCUT2D eigenvalue weighted by Crippen LogP contribution is -2.40. The van der Waals surface area contributed by atoms with E-state index in [0.717, 1.165) is 37.2 Å². The number of nitrogens with one attached hydrogen (secondary N) is 2. The summed E-state index contributed by atoms with van der Waals surface area (Å²) in [4.78, 5) is 31.4. The Bertz CT molecular complexity index is 1310. The summed E-state index contributed by atoms with van der Waals surface area (Å²) in [6.45, 7) is 3.77. The quantitative estimate of drug-likeness (QED) is 0.310. The normalized spacial score (nSPS) is 16.5. The van der Waals surface area contributed by atoms with Gasteiger partial charge in [-0.25, -0.2) is 4.79 Å². The Morgan fingerprint density at radius 2 is 1.79 bits per heavy atom. The molecule has 3 aromatic rings. The standard InChI is InChI=1S/C29H34N6O4/c30-22-3-1-2-4-24(22)33-28(36)25-7-5-21(18-32-25)23(34-29(31)37)8-9-26(35-12-15-38-16-13-35)19-6-10-27-20(17-19)11-14-39-27/h1-7,10,17-18,23,26H,8-9,11-16,30H2,(H,33,36)(H3,31,34,37). The van der Waals surface area contributed by atoms with Gasteiger partial charge in [0.1, 0.15) is 11.4 Å². The zero-order valence-corrected chi connectivity index (χ0v) is 21.8. The summed E-state index contributed by atoms with van der Waals surface area (Å²) in [5, 5.41) is 5.64. The largest absolute Gasteiger partial charge is 0.493 e. The molecule has 2 aromatic carbocycles. The number of fused-ring (bicyclic) bond motifs is 1. The predicted molar refractivity (Wildman–Crippen MR) is 149 cm³/mol. The number of hydrogen-bond acceptors (Lipinski definition) is 7. The molecule has 5 rings (SSSR count). The second kappa shape index (κ2) is 12.1. The van der Waals surface area contributed by atoms with E-state index < -0.39 is 6.03 Å². The maximum Gasteiger partial charge on any atom is 0.312 e. The van der Waals surface area contributed by atoms with E-state index in [-0.39, 0.29) is 23.7 Å². The van der Waals surface area contributed by atoms with Crippen molar-refractivity contribution in [2.24, 2.45) is 5.73 Å². The van der Waals surface area contributed by atoms with Gasteiger partial charge in [-0.1, -0.05) is 30.3 Å². The number of carbonyl (C=O) groups is 2. The zero-order valence-electron chi connectivity index (χ0n) is 21.8. The van der Waals surface area contributed by atoms with Gasteiger partial charge in [0.25, 0.3) is 5.91 Å². The topological polar surface area (TPSA) is 145 Å². The van der Waals surface area contributed by atoms with Gasteiger partial charge in [-0.3, -0.25) is 14.7 Å². The van der Waals surface area contributed by atoms with Crippen LogP contribution >= 0.6 is 0 Å². The molecule has 10 nitrogen and oxygen atoms in total. The molecule has 204 valence electrons. The molecule has 0 aliphatic carbocycles. The summed E-state index contributed by atoms with van der Waals surface area (Å²) in [5.74, 6) is 0.588. The number of ether oxygens (including phenoxy) is 2. The molecule has 10 heteroatoms. The van der Waals surface area contributed by atoms with Crippen molar-refractivity contribution in [3.8, 4) is 5.75 Å². The Kier molecular flexibility index (Phi) is 8.24. The molecule has 0 saturated carbocycles. The third-order valence-electron chi connectivity index (χ3n) is 7.26. The lowest BCUT2D eigenvalue weighted by atomic mass is 9.93. The highest BCUT2D eigenvalue weighted by molar-refractivity contribution is 6.04. The van der Waals surface area contributed by atoms with E-state index in [1.807, 2.05) is 0 Å². The minimum Gasteiger partial charge on any atom is -0.493 e. The third kappa shape index (κ3) is 6.47. The number of urea groups is 1. The van der Waals surface area contributed by atoms with Gasteiger partial charge in [0.15, 0.2) is 0 Å². The predicted octanol–water partition coefficient (Wildman–Crippen LogP) is 3.41. The van der Waals surface area contributed by atoms with Crippen LogP contribution in [0, 0.1) is 0 Å². The molecule has 3 heterocycles. The van der Waals surface area contributed by atoms with Gasteiger partial charge in [-0.15, -0.1) is 0 Å². The fourth-order valence-electron chi connectivity index (χ4n) is 5.22. The van der Waals surface area contributed by atoms with Crippen LogP contribution in [-0.4, -0.2) is 54.7 Å². The highest BCUT2D eigenvalue weighted by atomic mass is 16.5. The summed E-state index contributed by atoms with van der Waals surface area (Å²) in [7, 11) is 0. The lowest BCUT2D eigenvalue weighted by Gasteiger charge is -2.36. The first kappa shape index (κ1) is 26.5. The maximum atomic E-state index is 12.7. The van der Waals surface area contributed by atoms with Gasteiger partial charge >= 0.3 is 6.03 Å². The molecule has 1 fully saturated rings. The highest BCUT2D eigenvalue weighted by Crippen LogP contribution is 2.34. The Labute approximate surface area is 227 Å². The number of aromatic nitrogens is 1. The molecular weight excluding hydrogens is 496 g/mol. The average Bonchev–Trinajstić information content (AvgIpc) is 3.42. The van der Waals surface area contributed by atoms with Crippen LogP contribution in [0.15, 0.2) is 60.8 Å². The van der Waals surface area contributed by atoms with E-state index in [4.69, 9.17) is 20.9 Å². The molecule has 2 unspecified atom stereocenters. The van der Waals surface area contributed by atoms with E-state index in [2.05, 4.69) is 38.7 Å². The minimum atomic E-state index is -0.612. The average molecular weight is 531 g/mol. The number of nitrogens with two attached hydrogens (primary N) is 2. The van der Waals surface area contributed by atoms with Crippen molar-refractivity contribution in [3.05, 3.63) is 83.2 Å². The molecule has 6 N–H and O–H groups in total. The second-order valence-corrected chi connectivity index (χ2v) is 9.79. The number of nitrogens with zero attached hydrogens (tertiary/aromatic N) is 2. The number of pyridine rings is 1. The van der Waals surface area contributed by atoms with E-state index in [0.29, 0.717) is 37.6 Å². The van der Waals surface area contributed by atoms with Crippen LogP contribution < -0.4 is 26.8 Å². The van der Waals surface area contributed by atoms with Crippen molar-refractivity contribution in [2.75, 3.05) is 44.0 Å². The van der Waals surface area contributed by atoms with Gasteiger partial charge < -0.3 is 31.6 Å². The molecule has 2 aliphatic heterocycles. The number of benzene rings is 2. The van der Waals surface area contributed by atoms with Gasteiger partial charge in [0.05, 0.1) is 37.2 Å². The SMILES string of the molecule is NC(=O)NC(CCC(c1ccc2c(c1)CCO2)N1CCOCC1)c1ccc(C(=O)Nc2ccccc2N)nc1. The molecule has 0 bridgehead atoms. The first-order valence-corrected chi connectivity index (χ1v) is 13.2. The molecule has 39 heavy (non-hydrogen) atoms. The summed E-state index contributed by atoms with van der Waals surface area (Å²) < 4.78 is 11.3. The number of rotatable bonds is 9. The molecule has 1 aromatic heterocycles. The van der Waals surface area contributed by atoms with E-state index in [1.54, 1.807) is 42.6 Å². The maximum absolute atomic E-state index is 12.7. The van der Waals surface area contributed by atoms with E-state index >= 15 is 0 Å². The number of para-hydroxylation sites is 2. The summed E-state index contributed by atoms with van der Waals surface area (Å²) in [5.41, 5.74) is 15.9. The van der Waals surface area contributed by atoms with Crippen LogP contribution in [0.3, 0.4) is 0 Å². The molecule has 2 aliphatic rings. The zero-order chi connectivity index (χ0) is 27.2. The molecule has 3 amide bonds. The molecule has 0 radical (unpaired) electrons. The van der Waals surface area contributed by atoms with Gasteiger partial charge in [-0.05, 0) is 53.8 Å². The Morgan fingerprint density at radius 1 is 1.00 bits per heavy atom. The van der Waals surface area contributed by atoms with Crippen LogP contribution in [0.5, 0.6) is 5.75 Å². The first-order valence-electron chi connectivity index (χ1n) is 13.2. The van der Waals surface area contributed by atoms with Crippen LogP contribution in [-0.2, 0) is 11.2 Å². The first-order chi connectivity index (χ1) is 19.0. The van der Waals surface area contributed by atoms with Crippen molar-refractivity contribution in [1.82, 2.24) is 15.2 Å². The monoisotopic (exact) mass is 530 g/mol.